The number of benzene rings is 2. The van der Waals surface area contributed by atoms with Crippen LogP contribution in [0.5, 0.6) is 0 Å². The molecule has 0 radical (unpaired) electrons. The van der Waals surface area contributed by atoms with E-state index in [1.807, 2.05) is 12.1 Å². The summed E-state index contributed by atoms with van der Waals surface area (Å²) >= 11 is 6.34. The van der Waals surface area contributed by atoms with Crippen LogP contribution in [0.15, 0.2) is 36.4 Å². The molecule has 1 aromatic heterocycles. The minimum atomic E-state index is -0.379. The standard InChI is InChI=1S/C30H32ClF2N3O3/c1-2-38-27(37)11-7-17-6-10-25(23(33)12-17)36-15-19-13-20(36)14-26(19)39-16-24-28(18-8-9-18)30(35-34-24)29-21(31)4-3-5-22(29)32/h3-6,10,12,18-20,26H,2,7-9,11,13-16H2,1H3,(H,34,35)/t19-,20-,26+/m0/s1. The second-order valence-electron chi connectivity index (χ2n) is 10.8. The Morgan fingerprint density at radius 3 is 2.72 bits per heavy atom. The fourth-order valence-electron chi connectivity index (χ4n) is 6.24. The van der Waals surface area contributed by atoms with E-state index in [0.717, 1.165) is 49.0 Å². The van der Waals surface area contributed by atoms with Crippen LogP contribution >= 0.6 is 11.6 Å². The average Bonchev–Trinajstić information content (AvgIpc) is 3.35. The first-order valence-corrected chi connectivity index (χ1v) is 14.1. The molecule has 2 saturated carbocycles. The molecule has 0 unspecified atom stereocenters. The normalized spacial score (nSPS) is 22.1. The Kier molecular flexibility index (Phi) is 7.33. The van der Waals surface area contributed by atoms with E-state index in [0.29, 0.717) is 53.4 Å². The molecule has 1 saturated heterocycles. The van der Waals surface area contributed by atoms with Crippen molar-refractivity contribution in [1.82, 2.24) is 10.2 Å². The molecule has 6 nitrogen and oxygen atoms in total. The third kappa shape index (κ3) is 5.29. The first kappa shape index (κ1) is 26.3. The van der Waals surface area contributed by atoms with Gasteiger partial charge in [-0.25, -0.2) is 8.78 Å². The number of anilines is 1. The molecule has 0 amide bonds. The lowest BCUT2D eigenvalue weighted by atomic mass is 10.0. The number of piperidine rings is 1. The molecule has 3 aromatic rings. The molecule has 3 aliphatic rings. The van der Waals surface area contributed by atoms with Crippen LogP contribution in [0.1, 0.15) is 61.8 Å². The second-order valence-corrected chi connectivity index (χ2v) is 11.2. The number of hydrogen-bond acceptors (Lipinski definition) is 5. The van der Waals surface area contributed by atoms with Crippen molar-refractivity contribution in [2.75, 3.05) is 18.1 Å². The minimum Gasteiger partial charge on any atom is -0.466 e. The van der Waals surface area contributed by atoms with E-state index < -0.39 is 0 Å². The maximum absolute atomic E-state index is 15.1. The highest BCUT2D eigenvalue weighted by Crippen LogP contribution is 2.48. The van der Waals surface area contributed by atoms with Crippen LogP contribution in [0.3, 0.4) is 0 Å². The Morgan fingerprint density at radius 1 is 1.18 bits per heavy atom. The SMILES string of the molecule is CCOC(=O)CCc1ccc(N2C[C@@H]3C[C@H]2C[C@H]3OCc2[nH]nc(-c3c(F)cccc3Cl)c2C2CC2)c(F)c1. The van der Waals surface area contributed by atoms with Gasteiger partial charge in [-0.3, -0.25) is 9.89 Å². The number of hydrogen-bond donors (Lipinski definition) is 1. The molecule has 3 atom stereocenters. The van der Waals surface area contributed by atoms with Gasteiger partial charge in [0.1, 0.15) is 17.3 Å². The highest BCUT2D eigenvalue weighted by Gasteiger charge is 2.46. The van der Waals surface area contributed by atoms with Gasteiger partial charge < -0.3 is 14.4 Å². The number of aromatic amines is 1. The summed E-state index contributed by atoms with van der Waals surface area (Å²) in [5.41, 5.74) is 4.22. The van der Waals surface area contributed by atoms with Crippen LogP contribution in [0.4, 0.5) is 14.5 Å². The number of carbonyl (C=O) groups excluding carboxylic acids is 1. The van der Waals surface area contributed by atoms with E-state index in [9.17, 15) is 9.18 Å². The zero-order valence-electron chi connectivity index (χ0n) is 21.9. The van der Waals surface area contributed by atoms with Crippen molar-refractivity contribution in [3.63, 3.8) is 0 Å². The molecule has 2 aromatic carbocycles. The van der Waals surface area contributed by atoms with Gasteiger partial charge in [-0.05, 0) is 74.8 Å². The fraction of sp³-hybridized carbons (Fsp3) is 0.467. The molecule has 1 aliphatic heterocycles. The lowest BCUT2D eigenvalue weighted by molar-refractivity contribution is -0.143. The number of carbonyl (C=O) groups is 1. The second kappa shape index (κ2) is 10.9. The largest absolute Gasteiger partial charge is 0.466 e. The Balaban J connectivity index is 1.09. The molecular formula is C30H32ClF2N3O3. The summed E-state index contributed by atoms with van der Waals surface area (Å²) in [6, 6.07) is 10.2. The maximum Gasteiger partial charge on any atom is 0.306 e. The van der Waals surface area contributed by atoms with Crippen LogP contribution in [0, 0.1) is 17.6 Å². The van der Waals surface area contributed by atoms with Crippen LogP contribution in [0.2, 0.25) is 5.02 Å². The number of esters is 1. The molecule has 3 fully saturated rings. The number of fused-ring (bicyclic) bond motifs is 2. The molecule has 2 heterocycles. The topological polar surface area (TPSA) is 67.4 Å². The van der Waals surface area contributed by atoms with Gasteiger partial charge in [0.2, 0.25) is 0 Å². The van der Waals surface area contributed by atoms with Gasteiger partial charge in [0.05, 0.1) is 41.3 Å². The summed E-state index contributed by atoms with van der Waals surface area (Å²) in [5, 5.41) is 7.91. The van der Waals surface area contributed by atoms with E-state index >= 15 is 4.39 Å². The highest BCUT2D eigenvalue weighted by molar-refractivity contribution is 6.33. The Hall–Kier alpha value is -2.97. The predicted octanol–water partition coefficient (Wildman–Crippen LogP) is 6.57. The van der Waals surface area contributed by atoms with Crippen molar-refractivity contribution in [3.05, 3.63) is 69.9 Å². The number of nitrogens with one attached hydrogen (secondary N) is 1. The molecule has 1 N–H and O–H groups in total. The van der Waals surface area contributed by atoms with Crippen LogP contribution in [0.25, 0.3) is 11.3 Å². The van der Waals surface area contributed by atoms with E-state index in [1.54, 1.807) is 19.1 Å². The lowest BCUT2D eigenvalue weighted by Gasteiger charge is -2.33. The van der Waals surface area contributed by atoms with E-state index in [-0.39, 0.29) is 36.2 Å². The Bertz CT molecular complexity index is 1360. The van der Waals surface area contributed by atoms with E-state index in [2.05, 4.69) is 15.1 Å². The molecule has 2 bridgehead atoms. The van der Waals surface area contributed by atoms with Crippen LogP contribution in [-0.2, 0) is 27.3 Å². The van der Waals surface area contributed by atoms with Gasteiger partial charge in [0, 0.05) is 30.5 Å². The number of halogens is 3. The van der Waals surface area contributed by atoms with E-state index in [1.165, 1.54) is 12.1 Å². The molecule has 39 heavy (non-hydrogen) atoms. The van der Waals surface area contributed by atoms with Gasteiger partial charge in [-0.15, -0.1) is 0 Å². The number of aryl methyl sites for hydroxylation is 1. The Morgan fingerprint density at radius 2 is 2.03 bits per heavy atom. The van der Waals surface area contributed by atoms with E-state index in [4.69, 9.17) is 21.1 Å². The van der Waals surface area contributed by atoms with Crippen molar-refractivity contribution in [2.24, 2.45) is 5.92 Å². The van der Waals surface area contributed by atoms with Crippen LogP contribution in [-0.4, -0.2) is 41.5 Å². The van der Waals surface area contributed by atoms with Crippen molar-refractivity contribution >= 4 is 23.3 Å². The number of aromatic nitrogens is 2. The highest BCUT2D eigenvalue weighted by atomic mass is 35.5. The summed E-state index contributed by atoms with van der Waals surface area (Å²) < 4.78 is 41.1. The zero-order chi connectivity index (χ0) is 27.1. The van der Waals surface area contributed by atoms with Crippen molar-refractivity contribution in [3.8, 4) is 11.3 Å². The van der Waals surface area contributed by atoms with Gasteiger partial charge in [-0.1, -0.05) is 23.7 Å². The molecule has 9 heteroatoms. The fourth-order valence-corrected chi connectivity index (χ4v) is 6.49. The lowest BCUT2D eigenvalue weighted by Crippen LogP contribution is -2.39. The van der Waals surface area contributed by atoms with Gasteiger partial charge in [-0.2, -0.15) is 5.10 Å². The monoisotopic (exact) mass is 555 g/mol. The van der Waals surface area contributed by atoms with Crippen molar-refractivity contribution in [2.45, 2.75) is 70.1 Å². The Labute approximate surface area is 231 Å². The van der Waals surface area contributed by atoms with Crippen molar-refractivity contribution < 1.29 is 23.0 Å². The van der Waals surface area contributed by atoms with Crippen LogP contribution < -0.4 is 4.90 Å². The third-order valence-corrected chi connectivity index (χ3v) is 8.55. The molecule has 2 aliphatic carbocycles. The first-order valence-electron chi connectivity index (χ1n) is 13.8. The summed E-state index contributed by atoms with van der Waals surface area (Å²) in [6.45, 7) is 3.24. The summed E-state index contributed by atoms with van der Waals surface area (Å²) in [6.07, 6.45) is 4.65. The third-order valence-electron chi connectivity index (χ3n) is 8.23. The predicted molar refractivity (Wildman–Crippen MR) is 145 cm³/mol. The van der Waals surface area contributed by atoms with Gasteiger partial charge >= 0.3 is 5.97 Å². The molecule has 0 spiro atoms. The van der Waals surface area contributed by atoms with Crippen molar-refractivity contribution in [1.29, 1.82) is 0 Å². The quantitative estimate of drug-likeness (QED) is 0.287. The number of ether oxygens (including phenoxy) is 2. The molecule has 206 valence electrons. The summed E-state index contributed by atoms with van der Waals surface area (Å²) in [4.78, 5) is 13.8. The van der Waals surface area contributed by atoms with Gasteiger partial charge in [0.25, 0.3) is 0 Å². The molecule has 6 rings (SSSR count). The first-order chi connectivity index (χ1) is 18.9. The van der Waals surface area contributed by atoms with Gasteiger partial charge in [0.15, 0.2) is 0 Å². The average molecular weight is 556 g/mol. The zero-order valence-corrected chi connectivity index (χ0v) is 22.6. The number of nitrogens with zero attached hydrogens (tertiary/aromatic N) is 2. The summed E-state index contributed by atoms with van der Waals surface area (Å²) in [7, 11) is 0. The maximum atomic E-state index is 15.1. The molecular weight excluding hydrogens is 524 g/mol. The summed E-state index contributed by atoms with van der Waals surface area (Å²) in [5.74, 6) is -0.253. The smallest absolute Gasteiger partial charge is 0.306 e. The minimum absolute atomic E-state index is 0.0778. The number of H-pyrrole nitrogens is 1. The number of rotatable bonds is 10.